The van der Waals surface area contributed by atoms with Gasteiger partial charge in [-0.1, -0.05) is 12.1 Å². The average Bonchev–Trinajstić information content (AvgIpc) is 3.30. The number of benzene rings is 1. The van der Waals surface area contributed by atoms with Crippen LogP contribution in [0.25, 0.3) is 10.9 Å². The molecule has 1 aliphatic heterocycles. The quantitative estimate of drug-likeness (QED) is 0.727. The Morgan fingerprint density at radius 2 is 2.42 bits per heavy atom. The lowest BCUT2D eigenvalue weighted by Crippen LogP contribution is -2.51. The van der Waals surface area contributed by atoms with E-state index in [2.05, 4.69) is 38.0 Å². The van der Waals surface area contributed by atoms with Gasteiger partial charge in [0.2, 0.25) is 5.91 Å². The monoisotopic (exact) mass is 325 g/mol. The first kappa shape index (κ1) is 15.3. The number of nitrogens with one attached hydrogen (secondary N) is 3. The van der Waals surface area contributed by atoms with E-state index < -0.39 is 0 Å². The smallest absolute Gasteiger partial charge is 0.237 e. The lowest BCUT2D eigenvalue weighted by molar-refractivity contribution is -0.124. The van der Waals surface area contributed by atoms with Crippen LogP contribution in [0, 0.1) is 5.92 Å². The number of piperidine rings is 1. The van der Waals surface area contributed by atoms with E-state index in [0.717, 1.165) is 29.3 Å². The number of hydrogen-bond donors (Lipinski definition) is 3. The third kappa shape index (κ3) is 2.94. The van der Waals surface area contributed by atoms with E-state index >= 15 is 0 Å². The molecule has 2 fully saturated rings. The normalized spacial score (nSPS) is 27.1. The second-order valence-electron chi connectivity index (χ2n) is 6.93. The fraction of sp³-hybridized carbons (Fsp3) is 0.500. The fourth-order valence-electron chi connectivity index (χ4n) is 4.11. The van der Waals surface area contributed by atoms with Gasteiger partial charge in [-0.15, -0.1) is 0 Å². The highest BCUT2D eigenvalue weighted by Gasteiger charge is 2.42. The largest absolute Gasteiger partial charge is 0.347 e. The highest BCUT2D eigenvalue weighted by molar-refractivity contribution is 5.86. The van der Waals surface area contributed by atoms with E-state index in [-0.39, 0.29) is 18.0 Å². The topological polar surface area (TPSA) is 82.2 Å². The zero-order chi connectivity index (χ0) is 16.5. The number of aromatic amines is 1. The molecule has 1 aromatic heterocycles. The number of rotatable bonds is 5. The Balaban J connectivity index is 1.44. The third-order valence-corrected chi connectivity index (χ3v) is 5.26. The first-order chi connectivity index (χ1) is 11.7. The number of amides is 1. The second kappa shape index (κ2) is 6.36. The number of H-pyrrole nitrogens is 1. The molecule has 2 bridgehead atoms. The summed E-state index contributed by atoms with van der Waals surface area (Å²) in [5.41, 5.74) is 2.17. The van der Waals surface area contributed by atoms with Crippen LogP contribution in [0.5, 0.6) is 0 Å². The summed E-state index contributed by atoms with van der Waals surface area (Å²) < 4.78 is 0. The maximum Gasteiger partial charge on any atom is 0.237 e. The van der Waals surface area contributed by atoms with Crippen LogP contribution in [0.3, 0.4) is 0 Å². The molecule has 0 spiro atoms. The zero-order valence-electron chi connectivity index (χ0n) is 13.8. The van der Waals surface area contributed by atoms with Crippen molar-refractivity contribution in [2.24, 2.45) is 10.9 Å². The molecule has 2 heterocycles. The van der Waals surface area contributed by atoms with Gasteiger partial charge in [0, 0.05) is 24.7 Å². The molecule has 2 aliphatic rings. The standard InChI is InChI=1S/C18H23N5O/c1-19-10-15(6-11-2-3-13-9-20-23-16(13)7-11)22-18(24)17-12-4-5-14(8-12)21-17/h2-3,7,9-10,12,14-15,17,21H,4-6,8H2,1H3,(H,20,23)(H,22,24)/t12-,14+,15?,17-/m0/s1. The Labute approximate surface area is 141 Å². The Morgan fingerprint density at radius 3 is 3.17 bits per heavy atom. The SMILES string of the molecule is CN=CC(Cc1ccc2cn[nH]c2c1)NC(=O)[C@H]1N[C@@H]2CC[C@H]1C2. The first-order valence-corrected chi connectivity index (χ1v) is 8.63. The molecule has 4 atom stereocenters. The molecular weight excluding hydrogens is 302 g/mol. The van der Waals surface area contributed by atoms with E-state index in [1.165, 1.54) is 12.8 Å². The van der Waals surface area contributed by atoms with E-state index in [9.17, 15) is 4.79 Å². The van der Waals surface area contributed by atoms with Crippen LogP contribution >= 0.6 is 0 Å². The van der Waals surface area contributed by atoms with Crippen molar-refractivity contribution in [1.29, 1.82) is 0 Å². The molecule has 126 valence electrons. The Kier molecular flexibility index (Phi) is 4.06. The minimum Gasteiger partial charge on any atom is -0.347 e. The number of aromatic nitrogens is 2. The molecule has 1 amide bonds. The lowest BCUT2D eigenvalue weighted by atomic mass is 9.98. The molecule has 6 nitrogen and oxygen atoms in total. The van der Waals surface area contributed by atoms with E-state index in [1.807, 2.05) is 18.5 Å². The van der Waals surface area contributed by atoms with Crippen LogP contribution in [0.15, 0.2) is 29.4 Å². The van der Waals surface area contributed by atoms with Crippen LogP contribution in [0.4, 0.5) is 0 Å². The van der Waals surface area contributed by atoms with Crippen molar-refractivity contribution < 1.29 is 4.79 Å². The molecule has 1 unspecified atom stereocenters. The predicted octanol–water partition coefficient (Wildman–Crippen LogP) is 1.43. The van der Waals surface area contributed by atoms with Gasteiger partial charge >= 0.3 is 0 Å². The summed E-state index contributed by atoms with van der Waals surface area (Å²) in [5, 5.41) is 14.7. The van der Waals surface area contributed by atoms with Crippen LogP contribution in [0.2, 0.25) is 0 Å². The molecule has 4 rings (SSSR count). The number of carbonyl (C=O) groups excluding carboxylic acids is 1. The van der Waals surface area contributed by atoms with Gasteiger partial charge in [-0.25, -0.2) is 0 Å². The van der Waals surface area contributed by atoms with E-state index in [4.69, 9.17) is 0 Å². The summed E-state index contributed by atoms with van der Waals surface area (Å²) in [6.07, 6.45) is 7.87. The van der Waals surface area contributed by atoms with Crippen molar-refractivity contribution >= 4 is 23.0 Å². The van der Waals surface area contributed by atoms with Crippen LogP contribution in [-0.2, 0) is 11.2 Å². The molecule has 1 saturated heterocycles. The Bertz CT molecular complexity index is 768. The lowest BCUT2D eigenvalue weighted by Gasteiger charge is -2.24. The van der Waals surface area contributed by atoms with Crippen LogP contribution in [-0.4, -0.2) is 47.5 Å². The van der Waals surface area contributed by atoms with Gasteiger partial charge in [0.15, 0.2) is 0 Å². The van der Waals surface area contributed by atoms with E-state index in [1.54, 1.807) is 7.05 Å². The van der Waals surface area contributed by atoms with Crippen molar-refractivity contribution in [2.45, 2.75) is 43.8 Å². The number of carbonyl (C=O) groups is 1. The second-order valence-corrected chi connectivity index (χ2v) is 6.93. The van der Waals surface area contributed by atoms with Crippen molar-refractivity contribution in [2.75, 3.05) is 7.05 Å². The number of fused-ring (bicyclic) bond motifs is 3. The molecular formula is C18H23N5O. The molecule has 3 N–H and O–H groups in total. The van der Waals surface area contributed by atoms with Crippen molar-refractivity contribution in [1.82, 2.24) is 20.8 Å². The molecule has 24 heavy (non-hydrogen) atoms. The van der Waals surface area contributed by atoms with Gasteiger partial charge in [0.05, 0.1) is 23.8 Å². The summed E-state index contributed by atoms with van der Waals surface area (Å²) in [6, 6.07) is 6.62. The van der Waals surface area contributed by atoms with Gasteiger partial charge in [0.25, 0.3) is 0 Å². The number of hydrogen-bond acceptors (Lipinski definition) is 4. The minimum absolute atomic E-state index is 0.0356. The zero-order valence-corrected chi connectivity index (χ0v) is 13.8. The maximum atomic E-state index is 12.6. The van der Waals surface area contributed by atoms with Crippen LogP contribution < -0.4 is 10.6 Å². The highest BCUT2D eigenvalue weighted by atomic mass is 16.2. The Hall–Kier alpha value is -2.21. The first-order valence-electron chi connectivity index (χ1n) is 8.63. The van der Waals surface area contributed by atoms with E-state index in [0.29, 0.717) is 12.0 Å². The summed E-state index contributed by atoms with van der Waals surface area (Å²) in [4.78, 5) is 16.8. The summed E-state index contributed by atoms with van der Waals surface area (Å²) >= 11 is 0. The molecule has 1 saturated carbocycles. The minimum atomic E-state index is -0.0937. The molecule has 6 heteroatoms. The molecule has 2 aromatic rings. The molecule has 1 aromatic carbocycles. The molecule has 0 radical (unpaired) electrons. The third-order valence-electron chi connectivity index (χ3n) is 5.26. The molecule has 1 aliphatic carbocycles. The number of aliphatic imine (C=N–C) groups is 1. The highest BCUT2D eigenvalue weighted by Crippen LogP contribution is 2.35. The van der Waals surface area contributed by atoms with Crippen LogP contribution in [0.1, 0.15) is 24.8 Å². The summed E-state index contributed by atoms with van der Waals surface area (Å²) in [5.74, 6) is 0.602. The van der Waals surface area contributed by atoms with Gasteiger partial charge in [0.1, 0.15) is 0 Å². The summed E-state index contributed by atoms with van der Waals surface area (Å²) in [6.45, 7) is 0. The van der Waals surface area contributed by atoms with Crippen molar-refractivity contribution in [3.8, 4) is 0 Å². The number of nitrogens with zero attached hydrogens (tertiary/aromatic N) is 2. The predicted molar refractivity (Wildman–Crippen MR) is 94.2 cm³/mol. The Morgan fingerprint density at radius 1 is 1.50 bits per heavy atom. The summed E-state index contributed by atoms with van der Waals surface area (Å²) in [7, 11) is 1.74. The van der Waals surface area contributed by atoms with Gasteiger partial charge in [-0.3, -0.25) is 14.9 Å². The van der Waals surface area contributed by atoms with Gasteiger partial charge in [-0.05, 0) is 43.2 Å². The van der Waals surface area contributed by atoms with Gasteiger partial charge in [-0.2, -0.15) is 5.10 Å². The van der Waals surface area contributed by atoms with Crippen molar-refractivity contribution in [3.05, 3.63) is 30.0 Å². The van der Waals surface area contributed by atoms with Gasteiger partial charge < -0.3 is 10.6 Å². The maximum absolute atomic E-state index is 12.6. The average molecular weight is 325 g/mol. The van der Waals surface area contributed by atoms with Crippen molar-refractivity contribution in [3.63, 3.8) is 0 Å². The fourth-order valence-corrected chi connectivity index (χ4v) is 4.11.